The van der Waals surface area contributed by atoms with Gasteiger partial charge < -0.3 is 9.84 Å². The average Bonchev–Trinajstić information content (AvgIpc) is 3.24. The zero-order valence-electron chi connectivity index (χ0n) is 13.7. The SMILES string of the molecule is Oc1cc(-n2cc(F)cn2)ccc1-c1ccc(O[C@H]2CCC[C@H]2F)nn1. The molecule has 1 saturated carbocycles. The van der Waals surface area contributed by atoms with Gasteiger partial charge in [0, 0.05) is 17.7 Å². The number of hydrogen-bond donors (Lipinski definition) is 1. The minimum atomic E-state index is -0.972. The third kappa shape index (κ3) is 3.22. The lowest BCUT2D eigenvalue weighted by molar-refractivity contribution is 0.119. The van der Waals surface area contributed by atoms with Crippen LogP contribution in [0.5, 0.6) is 11.6 Å². The second-order valence-corrected chi connectivity index (χ2v) is 6.16. The Morgan fingerprint density at radius 2 is 2.04 bits per heavy atom. The normalized spacial score (nSPS) is 19.6. The maximum absolute atomic E-state index is 13.6. The Morgan fingerprint density at radius 3 is 2.65 bits per heavy atom. The van der Waals surface area contributed by atoms with Crippen molar-refractivity contribution in [1.82, 2.24) is 20.0 Å². The highest BCUT2D eigenvalue weighted by Crippen LogP contribution is 2.31. The molecule has 0 spiro atoms. The van der Waals surface area contributed by atoms with Crippen LogP contribution in [-0.2, 0) is 0 Å². The Bertz CT molecular complexity index is 914. The van der Waals surface area contributed by atoms with Gasteiger partial charge in [0.15, 0.2) is 5.82 Å². The number of aromatic nitrogens is 4. The van der Waals surface area contributed by atoms with E-state index in [1.165, 1.54) is 16.9 Å². The summed E-state index contributed by atoms with van der Waals surface area (Å²) in [6.45, 7) is 0. The largest absolute Gasteiger partial charge is 0.507 e. The van der Waals surface area contributed by atoms with E-state index in [9.17, 15) is 13.9 Å². The minimum Gasteiger partial charge on any atom is -0.507 e. The lowest BCUT2D eigenvalue weighted by atomic mass is 10.1. The molecule has 6 nitrogen and oxygen atoms in total. The van der Waals surface area contributed by atoms with Crippen molar-refractivity contribution in [3.05, 3.63) is 48.5 Å². The van der Waals surface area contributed by atoms with Crippen LogP contribution in [0.1, 0.15) is 19.3 Å². The average molecular weight is 358 g/mol. The molecule has 1 fully saturated rings. The fourth-order valence-corrected chi connectivity index (χ4v) is 3.02. The van der Waals surface area contributed by atoms with Gasteiger partial charge in [0.05, 0.1) is 23.8 Å². The van der Waals surface area contributed by atoms with Crippen molar-refractivity contribution in [3.63, 3.8) is 0 Å². The van der Waals surface area contributed by atoms with E-state index in [1.54, 1.807) is 24.3 Å². The Hall–Kier alpha value is -3.03. The lowest BCUT2D eigenvalue weighted by Crippen LogP contribution is -2.22. The predicted molar refractivity (Wildman–Crippen MR) is 89.4 cm³/mol. The van der Waals surface area contributed by atoms with E-state index in [4.69, 9.17) is 4.74 Å². The summed E-state index contributed by atoms with van der Waals surface area (Å²) in [4.78, 5) is 0. The molecule has 0 unspecified atom stereocenters. The highest BCUT2D eigenvalue weighted by molar-refractivity contribution is 5.68. The molecule has 4 rings (SSSR count). The van der Waals surface area contributed by atoms with E-state index >= 15 is 0 Å². The summed E-state index contributed by atoms with van der Waals surface area (Å²) in [6.07, 6.45) is 2.83. The fraction of sp³-hybridized carbons (Fsp3) is 0.278. The van der Waals surface area contributed by atoms with E-state index in [0.29, 0.717) is 29.8 Å². The first-order valence-electron chi connectivity index (χ1n) is 8.28. The standard InChI is InChI=1S/C18H16F2N4O2/c19-11-9-21-24(10-11)12-4-5-13(16(25)8-12)15-6-7-18(23-22-15)26-17-3-1-2-14(17)20/h4-10,14,17,25H,1-3H2/t14-,17+/m1/s1. The van der Waals surface area contributed by atoms with Crippen LogP contribution in [0.3, 0.4) is 0 Å². The molecule has 26 heavy (non-hydrogen) atoms. The number of aromatic hydroxyl groups is 1. The van der Waals surface area contributed by atoms with E-state index in [2.05, 4.69) is 15.3 Å². The fourth-order valence-electron chi connectivity index (χ4n) is 3.02. The summed E-state index contributed by atoms with van der Waals surface area (Å²) in [5.74, 6) is -0.250. The van der Waals surface area contributed by atoms with Crippen molar-refractivity contribution >= 4 is 0 Å². The molecular weight excluding hydrogens is 342 g/mol. The van der Waals surface area contributed by atoms with Crippen LogP contribution < -0.4 is 4.74 Å². The maximum atomic E-state index is 13.6. The lowest BCUT2D eigenvalue weighted by Gasteiger charge is -2.14. The first-order chi connectivity index (χ1) is 12.6. The molecule has 0 saturated heterocycles. The van der Waals surface area contributed by atoms with Crippen molar-refractivity contribution in [2.24, 2.45) is 0 Å². The quantitative estimate of drug-likeness (QED) is 0.773. The zero-order valence-corrected chi connectivity index (χ0v) is 13.7. The third-order valence-electron chi connectivity index (χ3n) is 4.36. The number of hydrogen-bond acceptors (Lipinski definition) is 5. The molecule has 0 amide bonds. The second-order valence-electron chi connectivity index (χ2n) is 6.16. The van der Waals surface area contributed by atoms with Gasteiger partial charge in [-0.1, -0.05) is 0 Å². The van der Waals surface area contributed by atoms with Crippen LogP contribution in [0.25, 0.3) is 16.9 Å². The number of rotatable bonds is 4. The van der Waals surface area contributed by atoms with Gasteiger partial charge in [0.2, 0.25) is 5.88 Å². The second kappa shape index (κ2) is 6.70. The molecule has 3 aromatic rings. The molecule has 134 valence electrons. The first-order valence-corrected chi connectivity index (χ1v) is 8.28. The molecule has 2 atom stereocenters. The molecule has 2 aromatic heterocycles. The molecule has 8 heteroatoms. The van der Waals surface area contributed by atoms with Crippen LogP contribution in [0, 0.1) is 5.82 Å². The molecule has 1 aromatic carbocycles. The number of benzene rings is 1. The van der Waals surface area contributed by atoms with E-state index in [-0.39, 0.29) is 11.6 Å². The van der Waals surface area contributed by atoms with Crippen molar-refractivity contribution in [2.45, 2.75) is 31.5 Å². The number of halogens is 2. The molecule has 1 aliphatic rings. The van der Waals surface area contributed by atoms with E-state index in [1.807, 2.05) is 0 Å². The Balaban J connectivity index is 1.53. The molecule has 2 heterocycles. The van der Waals surface area contributed by atoms with Crippen LogP contribution in [0.15, 0.2) is 42.7 Å². The van der Waals surface area contributed by atoms with Crippen molar-refractivity contribution in [2.75, 3.05) is 0 Å². The number of ether oxygens (including phenoxy) is 1. The molecule has 1 N–H and O–H groups in total. The van der Waals surface area contributed by atoms with Crippen LogP contribution in [0.2, 0.25) is 0 Å². The Labute approximate surface area is 148 Å². The van der Waals surface area contributed by atoms with Gasteiger partial charge in [-0.05, 0) is 37.5 Å². The topological polar surface area (TPSA) is 73.1 Å². The summed E-state index contributed by atoms with van der Waals surface area (Å²) in [5.41, 5.74) is 1.42. The van der Waals surface area contributed by atoms with Crippen LogP contribution in [0.4, 0.5) is 8.78 Å². The predicted octanol–water partition coefficient (Wildman–Crippen LogP) is 3.44. The van der Waals surface area contributed by atoms with Gasteiger partial charge in [-0.25, -0.2) is 13.5 Å². The minimum absolute atomic E-state index is 0.0407. The number of nitrogens with zero attached hydrogens (tertiary/aromatic N) is 4. The van der Waals surface area contributed by atoms with Gasteiger partial charge >= 0.3 is 0 Å². The van der Waals surface area contributed by atoms with Gasteiger partial charge in [-0.2, -0.15) is 5.10 Å². The van der Waals surface area contributed by atoms with Gasteiger partial charge in [0.1, 0.15) is 18.0 Å². The van der Waals surface area contributed by atoms with Crippen molar-refractivity contribution < 1.29 is 18.6 Å². The van der Waals surface area contributed by atoms with Gasteiger partial charge in [-0.15, -0.1) is 10.2 Å². The van der Waals surface area contributed by atoms with Gasteiger partial charge in [-0.3, -0.25) is 0 Å². The summed E-state index contributed by atoms with van der Waals surface area (Å²) in [5, 5.41) is 22.1. The Kier molecular flexibility index (Phi) is 4.24. The van der Waals surface area contributed by atoms with Crippen molar-refractivity contribution in [3.8, 4) is 28.6 Å². The first kappa shape index (κ1) is 16.4. The van der Waals surface area contributed by atoms with E-state index in [0.717, 1.165) is 12.6 Å². The number of alkyl halides is 1. The van der Waals surface area contributed by atoms with E-state index < -0.39 is 18.1 Å². The summed E-state index contributed by atoms with van der Waals surface area (Å²) < 4.78 is 33.5. The molecule has 0 bridgehead atoms. The monoisotopic (exact) mass is 358 g/mol. The molecule has 0 radical (unpaired) electrons. The highest BCUT2D eigenvalue weighted by atomic mass is 19.1. The summed E-state index contributed by atoms with van der Waals surface area (Å²) in [7, 11) is 0. The summed E-state index contributed by atoms with van der Waals surface area (Å²) >= 11 is 0. The molecular formula is C18H16F2N4O2. The maximum Gasteiger partial charge on any atom is 0.233 e. The zero-order chi connectivity index (χ0) is 18.1. The smallest absolute Gasteiger partial charge is 0.233 e. The molecule has 0 aliphatic heterocycles. The Morgan fingerprint density at radius 1 is 1.15 bits per heavy atom. The number of phenols is 1. The van der Waals surface area contributed by atoms with Crippen LogP contribution in [-0.4, -0.2) is 37.4 Å². The van der Waals surface area contributed by atoms with Gasteiger partial charge in [0.25, 0.3) is 0 Å². The third-order valence-corrected chi connectivity index (χ3v) is 4.36. The number of phenolic OH excluding ortho intramolecular Hbond substituents is 1. The van der Waals surface area contributed by atoms with Crippen LogP contribution >= 0.6 is 0 Å². The molecule has 1 aliphatic carbocycles. The van der Waals surface area contributed by atoms with Crippen molar-refractivity contribution in [1.29, 1.82) is 0 Å². The summed E-state index contributed by atoms with van der Waals surface area (Å²) in [6, 6.07) is 8.03. The highest BCUT2D eigenvalue weighted by Gasteiger charge is 2.29.